The van der Waals surface area contributed by atoms with Crippen molar-refractivity contribution >= 4 is 10.9 Å². The first kappa shape index (κ1) is 18.5. The summed E-state index contributed by atoms with van der Waals surface area (Å²) in [7, 11) is 3.23. The molecule has 2 aromatic heterocycles. The average Bonchev–Trinajstić information content (AvgIpc) is 2.77. The molecule has 5 heteroatoms. The zero-order valence-electron chi connectivity index (χ0n) is 16.4. The summed E-state index contributed by atoms with van der Waals surface area (Å²) in [6.45, 7) is 1.98. The molecule has 0 saturated carbocycles. The van der Waals surface area contributed by atoms with Crippen molar-refractivity contribution in [3.05, 3.63) is 77.6 Å². The highest BCUT2D eigenvalue weighted by Gasteiger charge is 2.07. The van der Waals surface area contributed by atoms with Gasteiger partial charge in [0.25, 0.3) is 0 Å². The van der Waals surface area contributed by atoms with Gasteiger partial charge in [-0.2, -0.15) is 0 Å². The summed E-state index contributed by atoms with van der Waals surface area (Å²) in [5.74, 6) is 8.26. The Morgan fingerprint density at radius 1 is 0.828 bits per heavy atom. The van der Waals surface area contributed by atoms with Gasteiger partial charge in [-0.05, 0) is 42.7 Å². The lowest BCUT2D eigenvalue weighted by Gasteiger charge is -2.05. The molecule has 5 nitrogen and oxygen atoms in total. The van der Waals surface area contributed by atoms with Crippen LogP contribution in [0.4, 0.5) is 0 Å². The number of para-hydroxylation sites is 1. The van der Waals surface area contributed by atoms with E-state index in [2.05, 4.69) is 26.8 Å². The number of methoxy groups -OCH3 is 2. The molecule has 0 unspecified atom stereocenters. The Hall–Kier alpha value is -3.91. The first-order valence-corrected chi connectivity index (χ1v) is 9.11. The molecule has 0 saturated heterocycles. The molecule has 0 atom stereocenters. The van der Waals surface area contributed by atoms with E-state index in [1.165, 1.54) is 0 Å². The summed E-state index contributed by atoms with van der Waals surface area (Å²) in [4.78, 5) is 13.8. The third-order valence-corrected chi connectivity index (χ3v) is 4.49. The Balaban J connectivity index is 1.72. The molecule has 0 spiro atoms. The van der Waals surface area contributed by atoms with Crippen LogP contribution in [0, 0.1) is 18.8 Å². The Morgan fingerprint density at radius 2 is 1.59 bits per heavy atom. The van der Waals surface area contributed by atoms with Crippen LogP contribution >= 0.6 is 0 Å². The average molecular weight is 381 g/mol. The fraction of sp³-hybridized carbons (Fsp3) is 0.125. The van der Waals surface area contributed by atoms with Gasteiger partial charge in [-0.15, -0.1) is 0 Å². The van der Waals surface area contributed by atoms with Gasteiger partial charge in [-0.1, -0.05) is 30.2 Å². The summed E-state index contributed by atoms with van der Waals surface area (Å²) >= 11 is 0. The molecule has 0 bridgehead atoms. The van der Waals surface area contributed by atoms with Crippen molar-refractivity contribution in [1.82, 2.24) is 15.0 Å². The molecule has 0 amide bonds. The van der Waals surface area contributed by atoms with E-state index in [9.17, 15) is 0 Å². The van der Waals surface area contributed by atoms with Gasteiger partial charge in [-0.3, -0.25) is 0 Å². The second-order valence-corrected chi connectivity index (χ2v) is 6.47. The quantitative estimate of drug-likeness (QED) is 0.492. The van der Waals surface area contributed by atoms with Crippen LogP contribution in [0.5, 0.6) is 11.5 Å². The fourth-order valence-electron chi connectivity index (χ4n) is 2.89. The SMILES string of the molecule is COc1cc(C#Cc2nc(-c3ncc4ccccc4n3)ccc2C)cc(OC)c1. The number of aromatic nitrogens is 3. The van der Waals surface area contributed by atoms with E-state index in [0.29, 0.717) is 28.7 Å². The van der Waals surface area contributed by atoms with E-state index in [1.54, 1.807) is 14.2 Å². The van der Waals surface area contributed by atoms with Crippen LogP contribution in [-0.2, 0) is 0 Å². The Kier molecular flexibility index (Phi) is 5.08. The minimum absolute atomic E-state index is 0.579. The number of rotatable bonds is 3. The summed E-state index contributed by atoms with van der Waals surface area (Å²) in [5, 5.41) is 0.996. The molecule has 142 valence electrons. The standard InChI is InChI=1S/C24H19N3O2/c1-16-8-10-23(24-25-15-18-6-4-5-7-22(18)27-24)26-21(16)11-9-17-12-19(28-2)14-20(13-17)29-3/h4-8,10,12-15H,1-3H3. The van der Waals surface area contributed by atoms with Gasteiger partial charge in [0.1, 0.15) is 22.9 Å². The van der Waals surface area contributed by atoms with Gasteiger partial charge in [0, 0.05) is 23.2 Å². The van der Waals surface area contributed by atoms with E-state index in [4.69, 9.17) is 9.47 Å². The maximum Gasteiger partial charge on any atom is 0.178 e. The number of fused-ring (bicyclic) bond motifs is 1. The number of hydrogen-bond acceptors (Lipinski definition) is 5. The van der Waals surface area contributed by atoms with Crippen molar-refractivity contribution in [2.24, 2.45) is 0 Å². The van der Waals surface area contributed by atoms with E-state index < -0.39 is 0 Å². The summed E-state index contributed by atoms with van der Waals surface area (Å²) < 4.78 is 10.6. The first-order valence-electron chi connectivity index (χ1n) is 9.11. The molecule has 0 aliphatic rings. The van der Waals surface area contributed by atoms with Crippen LogP contribution in [-0.4, -0.2) is 29.2 Å². The highest BCUT2D eigenvalue weighted by molar-refractivity contribution is 5.79. The second-order valence-electron chi connectivity index (χ2n) is 6.47. The normalized spacial score (nSPS) is 10.3. The third-order valence-electron chi connectivity index (χ3n) is 4.49. The van der Waals surface area contributed by atoms with Crippen molar-refractivity contribution in [1.29, 1.82) is 0 Å². The van der Waals surface area contributed by atoms with Gasteiger partial charge in [0.05, 0.1) is 19.7 Å². The highest BCUT2D eigenvalue weighted by Crippen LogP contribution is 2.22. The molecular formula is C24H19N3O2. The molecule has 0 aliphatic carbocycles. The number of pyridine rings is 1. The molecular weight excluding hydrogens is 362 g/mol. The van der Waals surface area contributed by atoms with E-state index in [-0.39, 0.29) is 0 Å². The zero-order valence-corrected chi connectivity index (χ0v) is 16.4. The predicted molar refractivity (Wildman–Crippen MR) is 113 cm³/mol. The van der Waals surface area contributed by atoms with Crippen LogP contribution in [0.2, 0.25) is 0 Å². The number of benzene rings is 2. The maximum atomic E-state index is 5.31. The topological polar surface area (TPSA) is 57.1 Å². The molecule has 0 aliphatic heterocycles. The largest absolute Gasteiger partial charge is 0.497 e. The van der Waals surface area contributed by atoms with Crippen molar-refractivity contribution in [2.75, 3.05) is 14.2 Å². The Bertz CT molecular complexity index is 1230. The van der Waals surface area contributed by atoms with Crippen LogP contribution in [0.3, 0.4) is 0 Å². The van der Waals surface area contributed by atoms with Crippen molar-refractivity contribution in [3.8, 4) is 34.9 Å². The fourth-order valence-corrected chi connectivity index (χ4v) is 2.89. The third kappa shape index (κ3) is 4.02. The van der Waals surface area contributed by atoms with Crippen LogP contribution in [0.25, 0.3) is 22.4 Å². The lowest BCUT2D eigenvalue weighted by Crippen LogP contribution is -1.96. The maximum absolute atomic E-state index is 5.31. The lowest BCUT2D eigenvalue weighted by atomic mass is 10.1. The van der Waals surface area contributed by atoms with Crippen LogP contribution in [0.1, 0.15) is 16.8 Å². The Labute approximate surface area is 169 Å². The number of hydrogen-bond donors (Lipinski definition) is 0. The molecule has 29 heavy (non-hydrogen) atoms. The number of nitrogens with zero attached hydrogens (tertiary/aromatic N) is 3. The second kappa shape index (κ2) is 7.99. The minimum Gasteiger partial charge on any atom is -0.497 e. The minimum atomic E-state index is 0.579. The number of ether oxygens (including phenoxy) is 2. The van der Waals surface area contributed by atoms with Crippen molar-refractivity contribution in [2.45, 2.75) is 6.92 Å². The van der Waals surface area contributed by atoms with Gasteiger partial charge in [0.2, 0.25) is 0 Å². The van der Waals surface area contributed by atoms with E-state index in [1.807, 2.05) is 67.7 Å². The molecule has 2 aromatic carbocycles. The van der Waals surface area contributed by atoms with Crippen molar-refractivity contribution in [3.63, 3.8) is 0 Å². The van der Waals surface area contributed by atoms with Crippen LogP contribution < -0.4 is 9.47 Å². The molecule has 0 radical (unpaired) electrons. The van der Waals surface area contributed by atoms with Crippen LogP contribution in [0.15, 0.2) is 60.8 Å². The molecule has 4 aromatic rings. The number of aryl methyl sites for hydroxylation is 1. The van der Waals surface area contributed by atoms with Gasteiger partial charge < -0.3 is 9.47 Å². The summed E-state index contributed by atoms with van der Waals surface area (Å²) in [6, 6.07) is 17.3. The molecule has 4 rings (SSSR count). The van der Waals surface area contributed by atoms with Gasteiger partial charge in [-0.25, -0.2) is 15.0 Å². The molecule has 0 N–H and O–H groups in total. The van der Waals surface area contributed by atoms with E-state index >= 15 is 0 Å². The zero-order chi connectivity index (χ0) is 20.2. The van der Waals surface area contributed by atoms with Gasteiger partial charge in [0.15, 0.2) is 5.82 Å². The Morgan fingerprint density at radius 3 is 2.34 bits per heavy atom. The van der Waals surface area contributed by atoms with E-state index in [0.717, 1.165) is 22.0 Å². The summed E-state index contributed by atoms with van der Waals surface area (Å²) in [6.07, 6.45) is 1.81. The van der Waals surface area contributed by atoms with Gasteiger partial charge >= 0.3 is 0 Å². The first-order chi connectivity index (χ1) is 14.2. The smallest absolute Gasteiger partial charge is 0.178 e. The molecule has 2 heterocycles. The highest BCUT2D eigenvalue weighted by atomic mass is 16.5. The van der Waals surface area contributed by atoms with Crippen molar-refractivity contribution < 1.29 is 9.47 Å². The monoisotopic (exact) mass is 381 g/mol. The predicted octanol–water partition coefficient (Wildman–Crippen LogP) is 4.42. The lowest BCUT2D eigenvalue weighted by molar-refractivity contribution is 0.394. The summed E-state index contributed by atoms with van der Waals surface area (Å²) in [5.41, 5.74) is 4.03. The molecule has 0 fully saturated rings.